The van der Waals surface area contributed by atoms with Crippen molar-refractivity contribution in [2.75, 3.05) is 11.9 Å². The summed E-state index contributed by atoms with van der Waals surface area (Å²) in [6.45, 7) is 5.65. The van der Waals surface area contributed by atoms with E-state index in [9.17, 15) is 4.79 Å². The average Bonchev–Trinajstić information content (AvgIpc) is 2.03. The van der Waals surface area contributed by atoms with Crippen LogP contribution in [0.1, 0.15) is 26.2 Å². The highest BCUT2D eigenvalue weighted by molar-refractivity contribution is 9.09. The molecule has 0 rings (SSSR count). The molecule has 0 unspecified atom stereocenters. The fraction of sp³-hybridized carbons (Fsp3) is 0.667. The van der Waals surface area contributed by atoms with E-state index in [0.29, 0.717) is 12.2 Å². The molecule has 0 aromatic carbocycles. The Hall–Kier alpha value is -0.310. The molecule has 0 N–H and O–H groups in total. The van der Waals surface area contributed by atoms with Crippen molar-refractivity contribution in [2.45, 2.75) is 26.2 Å². The van der Waals surface area contributed by atoms with Gasteiger partial charge in [-0.05, 0) is 26.2 Å². The van der Waals surface area contributed by atoms with E-state index in [1.807, 2.05) is 0 Å². The highest BCUT2D eigenvalue weighted by atomic mass is 79.9. The van der Waals surface area contributed by atoms with Crippen molar-refractivity contribution >= 4 is 21.9 Å². The molecule has 2 nitrogen and oxygen atoms in total. The second kappa shape index (κ2) is 7.35. The molecule has 0 aliphatic rings. The van der Waals surface area contributed by atoms with Gasteiger partial charge in [-0.15, -0.1) is 0 Å². The molecule has 0 fully saturated rings. The molecule has 0 aliphatic carbocycles. The molecular formula is C9H15BrO2. The zero-order chi connectivity index (χ0) is 9.40. The van der Waals surface area contributed by atoms with Gasteiger partial charge in [0.1, 0.15) is 0 Å². The van der Waals surface area contributed by atoms with Crippen LogP contribution in [0.4, 0.5) is 0 Å². The summed E-state index contributed by atoms with van der Waals surface area (Å²) in [5.74, 6) is -0.283. The zero-order valence-corrected chi connectivity index (χ0v) is 9.02. The lowest BCUT2D eigenvalue weighted by Crippen LogP contribution is -2.05. The SMILES string of the molecule is C=C(C)C(=O)OCCCCCBr. The van der Waals surface area contributed by atoms with Gasteiger partial charge in [0.2, 0.25) is 0 Å². The van der Waals surface area contributed by atoms with Crippen molar-refractivity contribution < 1.29 is 9.53 Å². The quantitative estimate of drug-likeness (QED) is 0.306. The first-order chi connectivity index (χ1) is 5.68. The molecule has 0 aliphatic heterocycles. The predicted octanol–water partition coefficient (Wildman–Crippen LogP) is 2.67. The first-order valence-electron chi connectivity index (χ1n) is 4.07. The van der Waals surface area contributed by atoms with Gasteiger partial charge in [-0.3, -0.25) is 0 Å². The maximum absolute atomic E-state index is 10.8. The van der Waals surface area contributed by atoms with Crippen LogP contribution in [-0.2, 0) is 9.53 Å². The summed E-state index contributed by atoms with van der Waals surface area (Å²) in [4.78, 5) is 10.8. The predicted molar refractivity (Wildman–Crippen MR) is 53.4 cm³/mol. The standard InChI is InChI=1S/C9H15BrO2/c1-8(2)9(11)12-7-5-3-4-6-10/h1,3-7H2,2H3. The van der Waals surface area contributed by atoms with E-state index in [4.69, 9.17) is 4.74 Å². The Kier molecular flexibility index (Phi) is 7.16. The summed E-state index contributed by atoms with van der Waals surface area (Å²) >= 11 is 3.33. The lowest BCUT2D eigenvalue weighted by Gasteiger charge is -2.02. The molecule has 0 radical (unpaired) electrons. The molecule has 0 saturated carbocycles. The fourth-order valence-corrected chi connectivity index (χ4v) is 1.06. The molecule has 70 valence electrons. The van der Waals surface area contributed by atoms with Crippen molar-refractivity contribution in [1.82, 2.24) is 0 Å². The second-order valence-corrected chi connectivity index (χ2v) is 3.46. The molecule has 0 aromatic rings. The van der Waals surface area contributed by atoms with Crippen molar-refractivity contribution in [1.29, 1.82) is 0 Å². The van der Waals surface area contributed by atoms with Crippen LogP contribution in [0.5, 0.6) is 0 Å². The summed E-state index contributed by atoms with van der Waals surface area (Å²) in [7, 11) is 0. The lowest BCUT2D eigenvalue weighted by molar-refractivity contribution is -0.139. The average molecular weight is 235 g/mol. The number of hydrogen-bond acceptors (Lipinski definition) is 2. The minimum atomic E-state index is -0.283. The fourth-order valence-electron chi connectivity index (χ4n) is 0.661. The Morgan fingerprint density at radius 1 is 1.42 bits per heavy atom. The molecule has 0 saturated heterocycles. The van der Waals surface area contributed by atoms with Gasteiger partial charge in [-0.1, -0.05) is 22.5 Å². The third kappa shape index (κ3) is 6.40. The van der Waals surface area contributed by atoms with Crippen LogP contribution in [0.15, 0.2) is 12.2 Å². The first kappa shape index (κ1) is 11.7. The van der Waals surface area contributed by atoms with E-state index in [-0.39, 0.29) is 5.97 Å². The highest BCUT2D eigenvalue weighted by Crippen LogP contribution is 2.00. The number of alkyl halides is 1. The minimum Gasteiger partial charge on any atom is -0.462 e. The third-order valence-corrected chi connectivity index (χ3v) is 1.92. The number of ether oxygens (including phenoxy) is 1. The Labute approximate surface area is 82.1 Å². The minimum absolute atomic E-state index is 0.283. The third-order valence-electron chi connectivity index (χ3n) is 1.36. The molecule has 12 heavy (non-hydrogen) atoms. The molecule has 0 bridgehead atoms. The topological polar surface area (TPSA) is 26.3 Å². The Bertz CT molecular complexity index is 155. The number of hydrogen-bond donors (Lipinski definition) is 0. The van der Waals surface area contributed by atoms with E-state index in [1.165, 1.54) is 0 Å². The largest absolute Gasteiger partial charge is 0.462 e. The first-order valence-corrected chi connectivity index (χ1v) is 5.19. The maximum Gasteiger partial charge on any atom is 0.333 e. The summed E-state index contributed by atoms with van der Waals surface area (Å²) in [5, 5.41) is 1.02. The summed E-state index contributed by atoms with van der Waals surface area (Å²) in [6, 6.07) is 0. The Morgan fingerprint density at radius 3 is 2.58 bits per heavy atom. The van der Waals surface area contributed by atoms with E-state index >= 15 is 0 Å². The Morgan fingerprint density at radius 2 is 2.08 bits per heavy atom. The van der Waals surface area contributed by atoms with Gasteiger partial charge in [0.05, 0.1) is 6.61 Å². The number of carbonyl (C=O) groups is 1. The maximum atomic E-state index is 10.8. The molecule has 0 amide bonds. The number of unbranched alkanes of at least 4 members (excludes halogenated alkanes) is 2. The van der Waals surface area contributed by atoms with Crippen LogP contribution in [0.25, 0.3) is 0 Å². The van der Waals surface area contributed by atoms with Gasteiger partial charge in [0.15, 0.2) is 0 Å². The summed E-state index contributed by atoms with van der Waals surface area (Å²) in [6.07, 6.45) is 3.16. The normalized spacial score (nSPS) is 9.50. The molecule has 0 spiro atoms. The van der Waals surface area contributed by atoms with E-state index in [2.05, 4.69) is 22.5 Å². The van der Waals surface area contributed by atoms with Gasteiger partial charge in [0.25, 0.3) is 0 Å². The van der Waals surface area contributed by atoms with Crippen LogP contribution < -0.4 is 0 Å². The lowest BCUT2D eigenvalue weighted by atomic mass is 10.3. The number of esters is 1. The Balaban J connectivity index is 3.20. The van der Waals surface area contributed by atoms with Gasteiger partial charge in [0, 0.05) is 10.9 Å². The molecular weight excluding hydrogens is 220 g/mol. The van der Waals surface area contributed by atoms with Gasteiger partial charge >= 0.3 is 5.97 Å². The van der Waals surface area contributed by atoms with Crippen LogP contribution >= 0.6 is 15.9 Å². The van der Waals surface area contributed by atoms with Crippen LogP contribution in [0, 0.1) is 0 Å². The zero-order valence-electron chi connectivity index (χ0n) is 7.44. The summed E-state index contributed by atoms with van der Waals surface area (Å²) in [5.41, 5.74) is 0.468. The molecule has 0 heterocycles. The smallest absolute Gasteiger partial charge is 0.333 e. The second-order valence-electron chi connectivity index (χ2n) is 2.67. The highest BCUT2D eigenvalue weighted by Gasteiger charge is 2.01. The van der Waals surface area contributed by atoms with Gasteiger partial charge in [-0.25, -0.2) is 4.79 Å². The van der Waals surface area contributed by atoms with E-state index in [1.54, 1.807) is 6.92 Å². The molecule has 3 heteroatoms. The van der Waals surface area contributed by atoms with Gasteiger partial charge < -0.3 is 4.74 Å². The molecule has 0 aromatic heterocycles. The van der Waals surface area contributed by atoms with Gasteiger partial charge in [-0.2, -0.15) is 0 Å². The van der Waals surface area contributed by atoms with Crippen LogP contribution in [0.3, 0.4) is 0 Å². The van der Waals surface area contributed by atoms with E-state index < -0.39 is 0 Å². The van der Waals surface area contributed by atoms with Crippen molar-refractivity contribution in [2.24, 2.45) is 0 Å². The van der Waals surface area contributed by atoms with Crippen LogP contribution in [-0.4, -0.2) is 17.9 Å². The summed E-state index contributed by atoms with van der Waals surface area (Å²) < 4.78 is 4.90. The van der Waals surface area contributed by atoms with Crippen molar-refractivity contribution in [3.63, 3.8) is 0 Å². The number of rotatable bonds is 6. The monoisotopic (exact) mass is 234 g/mol. The number of carbonyl (C=O) groups excluding carboxylic acids is 1. The molecule has 0 atom stereocenters. The van der Waals surface area contributed by atoms with Crippen molar-refractivity contribution in [3.05, 3.63) is 12.2 Å². The van der Waals surface area contributed by atoms with Crippen LogP contribution in [0.2, 0.25) is 0 Å². The van der Waals surface area contributed by atoms with E-state index in [0.717, 1.165) is 24.6 Å². The van der Waals surface area contributed by atoms with Crippen molar-refractivity contribution in [3.8, 4) is 0 Å². The number of halogens is 1.